The van der Waals surface area contributed by atoms with E-state index in [0.717, 1.165) is 12.8 Å². The van der Waals surface area contributed by atoms with E-state index in [1.54, 1.807) is 17.9 Å². The quantitative estimate of drug-likeness (QED) is 0.846. The van der Waals surface area contributed by atoms with E-state index in [1.165, 1.54) is 0 Å². The Bertz CT molecular complexity index is 698. The zero-order valence-electron chi connectivity index (χ0n) is 14.0. The fraction of sp³-hybridized carbons (Fsp3) is 0.625. The van der Waals surface area contributed by atoms with Gasteiger partial charge in [0.15, 0.2) is 11.5 Å². The summed E-state index contributed by atoms with van der Waals surface area (Å²) in [5, 5.41) is 7.93. The lowest BCUT2D eigenvalue weighted by atomic mass is 9.93. The number of carbonyl (C=O) groups excluding carboxylic acids is 1. The SMILES string of the molecule is Cc1nc([C@@H]2CCCN(C(=O)c3cc(C(C)(C)C)on3)C2)no1. The van der Waals surface area contributed by atoms with Crippen LogP contribution in [0.5, 0.6) is 0 Å². The third-order valence-electron chi connectivity index (χ3n) is 4.09. The van der Waals surface area contributed by atoms with E-state index in [2.05, 4.69) is 15.3 Å². The lowest BCUT2D eigenvalue weighted by Gasteiger charge is -2.30. The lowest BCUT2D eigenvalue weighted by molar-refractivity contribution is 0.0693. The standard InChI is InChI=1S/C16H22N4O3/c1-10-17-14(19-22-10)11-6-5-7-20(9-11)15(21)12-8-13(23-18-12)16(2,3)4/h8,11H,5-7,9H2,1-4H3/t11-/m1/s1. The van der Waals surface area contributed by atoms with Crippen molar-refractivity contribution in [1.82, 2.24) is 20.2 Å². The van der Waals surface area contributed by atoms with Crippen molar-refractivity contribution in [3.05, 3.63) is 29.2 Å². The smallest absolute Gasteiger partial charge is 0.276 e. The molecule has 7 heteroatoms. The summed E-state index contributed by atoms with van der Waals surface area (Å²) in [4.78, 5) is 18.7. The summed E-state index contributed by atoms with van der Waals surface area (Å²) in [5.74, 6) is 1.95. The van der Waals surface area contributed by atoms with Gasteiger partial charge in [0.2, 0.25) is 5.89 Å². The normalized spacial score (nSPS) is 19.1. The van der Waals surface area contributed by atoms with Crippen molar-refractivity contribution in [3.63, 3.8) is 0 Å². The Labute approximate surface area is 135 Å². The Morgan fingerprint density at radius 3 is 2.70 bits per heavy atom. The highest BCUT2D eigenvalue weighted by Crippen LogP contribution is 2.27. The van der Waals surface area contributed by atoms with Crippen molar-refractivity contribution in [3.8, 4) is 0 Å². The Morgan fingerprint density at radius 1 is 1.30 bits per heavy atom. The number of rotatable bonds is 2. The zero-order chi connectivity index (χ0) is 16.6. The number of amides is 1. The van der Waals surface area contributed by atoms with Crippen LogP contribution < -0.4 is 0 Å². The van der Waals surface area contributed by atoms with Crippen molar-refractivity contribution in [2.75, 3.05) is 13.1 Å². The van der Waals surface area contributed by atoms with E-state index in [-0.39, 0.29) is 17.2 Å². The molecule has 23 heavy (non-hydrogen) atoms. The monoisotopic (exact) mass is 318 g/mol. The highest BCUT2D eigenvalue weighted by Gasteiger charge is 2.30. The van der Waals surface area contributed by atoms with Gasteiger partial charge in [-0.25, -0.2) is 0 Å². The Hall–Kier alpha value is -2.18. The molecule has 1 aliphatic heterocycles. The molecular weight excluding hydrogens is 296 g/mol. The third-order valence-corrected chi connectivity index (χ3v) is 4.09. The topological polar surface area (TPSA) is 85.3 Å². The molecule has 1 fully saturated rings. The largest absolute Gasteiger partial charge is 0.360 e. The minimum atomic E-state index is -0.169. The minimum Gasteiger partial charge on any atom is -0.360 e. The van der Waals surface area contributed by atoms with Gasteiger partial charge in [-0.1, -0.05) is 31.1 Å². The van der Waals surface area contributed by atoms with Gasteiger partial charge in [-0.2, -0.15) is 4.98 Å². The average Bonchev–Trinajstić information content (AvgIpc) is 3.15. The molecule has 124 valence electrons. The van der Waals surface area contributed by atoms with Gasteiger partial charge >= 0.3 is 0 Å². The molecule has 1 saturated heterocycles. The summed E-state index contributed by atoms with van der Waals surface area (Å²) >= 11 is 0. The van der Waals surface area contributed by atoms with Crippen molar-refractivity contribution in [2.24, 2.45) is 0 Å². The van der Waals surface area contributed by atoms with Crippen molar-refractivity contribution in [2.45, 2.75) is 51.9 Å². The number of hydrogen-bond acceptors (Lipinski definition) is 6. The van der Waals surface area contributed by atoms with Crippen LogP contribution in [0.4, 0.5) is 0 Å². The van der Waals surface area contributed by atoms with Gasteiger partial charge < -0.3 is 13.9 Å². The molecule has 0 aliphatic carbocycles. The number of aryl methyl sites for hydroxylation is 1. The first-order valence-electron chi connectivity index (χ1n) is 7.91. The van der Waals surface area contributed by atoms with Crippen LogP contribution in [0.2, 0.25) is 0 Å². The summed E-state index contributed by atoms with van der Waals surface area (Å²) in [6.45, 7) is 9.14. The molecule has 0 spiro atoms. The highest BCUT2D eigenvalue weighted by molar-refractivity contribution is 5.92. The maximum atomic E-state index is 12.7. The van der Waals surface area contributed by atoms with E-state index >= 15 is 0 Å². The van der Waals surface area contributed by atoms with Crippen LogP contribution in [0.15, 0.2) is 15.1 Å². The fourth-order valence-corrected chi connectivity index (χ4v) is 2.74. The summed E-state index contributed by atoms with van der Waals surface area (Å²) in [5.41, 5.74) is 0.192. The van der Waals surface area contributed by atoms with Crippen LogP contribution >= 0.6 is 0 Å². The molecule has 2 aromatic heterocycles. The zero-order valence-corrected chi connectivity index (χ0v) is 14.0. The molecule has 2 aromatic rings. The van der Waals surface area contributed by atoms with E-state index < -0.39 is 0 Å². The molecule has 1 aliphatic rings. The molecule has 3 rings (SSSR count). The number of piperidine rings is 1. The molecule has 0 bridgehead atoms. The second-order valence-corrected chi connectivity index (χ2v) is 7.09. The third kappa shape index (κ3) is 3.28. The van der Waals surface area contributed by atoms with Crippen LogP contribution in [0.3, 0.4) is 0 Å². The first-order valence-corrected chi connectivity index (χ1v) is 7.91. The predicted molar refractivity (Wildman–Crippen MR) is 82.1 cm³/mol. The fourth-order valence-electron chi connectivity index (χ4n) is 2.74. The lowest BCUT2D eigenvalue weighted by Crippen LogP contribution is -2.39. The number of likely N-dealkylation sites (tertiary alicyclic amines) is 1. The van der Waals surface area contributed by atoms with Gasteiger partial charge in [0.05, 0.1) is 0 Å². The Balaban J connectivity index is 1.73. The molecule has 0 N–H and O–H groups in total. The maximum Gasteiger partial charge on any atom is 0.276 e. The van der Waals surface area contributed by atoms with Crippen LogP contribution in [-0.2, 0) is 5.41 Å². The molecule has 7 nitrogen and oxygen atoms in total. The summed E-state index contributed by atoms with van der Waals surface area (Å²) in [7, 11) is 0. The van der Waals surface area contributed by atoms with Gasteiger partial charge in [0.1, 0.15) is 5.76 Å². The number of nitrogens with zero attached hydrogens (tertiary/aromatic N) is 4. The maximum absolute atomic E-state index is 12.7. The van der Waals surface area contributed by atoms with Gasteiger partial charge in [-0.05, 0) is 12.8 Å². The van der Waals surface area contributed by atoms with Gasteiger partial charge in [-0.15, -0.1) is 0 Å². The first-order chi connectivity index (χ1) is 10.8. The van der Waals surface area contributed by atoms with Gasteiger partial charge in [0, 0.05) is 37.4 Å². The van der Waals surface area contributed by atoms with Crippen LogP contribution in [0, 0.1) is 6.92 Å². The predicted octanol–water partition coefficient (Wildman–Crippen LogP) is 2.68. The summed E-state index contributed by atoms with van der Waals surface area (Å²) < 4.78 is 10.4. The Kier molecular flexibility index (Phi) is 3.95. The molecule has 0 aromatic carbocycles. The number of carbonyl (C=O) groups is 1. The summed E-state index contributed by atoms with van der Waals surface area (Å²) in [6, 6.07) is 1.74. The van der Waals surface area contributed by atoms with E-state index in [4.69, 9.17) is 9.05 Å². The summed E-state index contributed by atoms with van der Waals surface area (Å²) in [6.07, 6.45) is 1.86. The second kappa shape index (κ2) is 5.79. The molecule has 0 saturated carbocycles. The van der Waals surface area contributed by atoms with E-state index in [0.29, 0.717) is 36.3 Å². The van der Waals surface area contributed by atoms with Gasteiger partial charge in [0.25, 0.3) is 5.91 Å². The van der Waals surface area contributed by atoms with Crippen molar-refractivity contribution >= 4 is 5.91 Å². The minimum absolute atomic E-state index is 0.103. The van der Waals surface area contributed by atoms with Crippen LogP contribution in [0.25, 0.3) is 0 Å². The average molecular weight is 318 g/mol. The van der Waals surface area contributed by atoms with Crippen LogP contribution in [0.1, 0.15) is 67.5 Å². The van der Waals surface area contributed by atoms with Gasteiger partial charge in [-0.3, -0.25) is 4.79 Å². The number of hydrogen-bond donors (Lipinski definition) is 0. The molecule has 0 radical (unpaired) electrons. The molecule has 0 unspecified atom stereocenters. The highest BCUT2D eigenvalue weighted by atomic mass is 16.5. The molecule has 3 heterocycles. The second-order valence-electron chi connectivity index (χ2n) is 7.09. The molecular formula is C16H22N4O3. The van der Waals surface area contributed by atoms with E-state index in [9.17, 15) is 4.79 Å². The molecule has 1 amide bonds. The van der Waals surface area contributed by atoms with E-state index in [1.807, 2.05) is 20.8 Å². The Morgan fingerprint density at radius 2 is 2.09 bits per heavy atom. The van der Waals surface area contributed by atoms with Crippen LogP contribution in [-0.4, -0.2) is 39.2 Å². The first kappa shape index (κ1) is 15.7. The van der Waals surface area contributed by atoms with Crippen molar-refractivity contribution < 1.29 is 13.8 Å². The molecule has 1 atom stereocenters. The number of aromatic nitrogens is 3. The van der Waals surface area contributed by atoms with Crippen molar-refractivity contribution in [1.29, 1.82) is 0 Å².